The Kier molecular flexibility index (Phi) is 5.91. The molecule has 2 amide bonds. The number of benzene rings is 1. The van der Waals surface area contributed by atoms with Crippen LogP contribution >= 0.6 is 0 Å². The standard InChI is InChI=1S/C23H29N3O3/c1-15(2)23(9-10-23)22(29)26(4)14-18-8-6-5-7-17(18)13-24-21(28)19-11-16(3)12-20(27)25-19/h5-8,11-12,15H,9-10,13-14H2,1-4H3,(H,24,28)(H,25,27). The highest BCUT2D eigenvalue weighted by Crippen LogP contribution is 2.53. The van der Waals surface area contributed by atoms with Crippen molar-refractivity contribution >= 4 is 11.8 Å². The van der Waals surface area contributed by atoms with E-state index in [2.05, 4.69) is 24.1 Å². The Morgan fingerprint density at radius 1 is 1.17 bits per heavy atom. The fourth-order valence-corrected chi connectivity index (χ4v) is 3.84. The second-order valence-electron chi connectivity index (χ2n) is 8.36. The number of aromatic nitrogens is 1. The SMILES string of the molecule is Cc1cc(C(=O)NCc2ccccc2CN(C)C(=O)C2(C(C)C)CC2)[nH]c(=O)c1. The van der Waals surface area contributed by atoms with Crippen molar-refractivity contribution in [3.05, 3.63) is 69.1 Å². The van der Waals surface area contributed by atoms with Crippen molar-refractivity contribution in [2.24, 2.45) is 11.3 Å². The molecule has 154 valence electrons. The third-order valence-corrected chi connectivity index (χ3v) is 5.87. The van der Waals surface area contributed by atoms with Gasteiger partial charge in [-0.15, -0.1) is 0 Å². The Morgan fingerprint density at radius 2 is 1.83 bits per heavy atom. The van der Waals surface area contributed by atoms with Gasteiger partial charge in [-0.3, -0.25) is 14.4 Å². The van der Waals surface area contributed by atoms with Gasteiger partial charge in [-0.1, -0.05) is 38.1 Å². The van der Waals surface area contributed by atoms with Crippen LogP contribution in [0.25, 0.3) is 0 Å². The van der Waals surface area contributed by atoms with Crippen LogP contribution in [0.5, 0.6) is 0 Å². The fourth-order valence-electron chi connectivity index (χ4n) is 3.84. The van der Waals surface area contributed by atoms with Crippen LogP contribution < -0.4 is 10.9 Å². The monoisotopic (exact) mass is 395 g/mol. The van der Waals surface area contributed by atoms with Crippen molar-refractivity contribution in [2.45, 2.75) is 46.7 Å². The molecule has 6 nitrogen and oxygen atoms in total. The Labute approximate surface area is 171 Å². The van der Waals surface area contributed by atoms with Gasteiger partial charge in [-0.05, 0) is 48.4 Å². The summed E-state index contributed by atoms with van der Waals surface area (Å²) in [7, 11) is 1.84. The minimum atomic E-state index is -0.332. The molecule has 2 N–H and O–H groups in total. The maximum atomic E-state index is 12.9. The van der Waals surface area contributed by atoms with Gasteiger partial charge in [-0.2, -0.15) is 0 Å². The minimum absolute atomic E-state index is 0.198. The molecule has 2 aromatic rings. The fraction of sp³-hybridized carbons (Fsp3) is 0.435. The molecule has 3 rings (SSSR count). The lowest BCUT2D eigenvalue weighted by Crippen LogP contribution is -2.36. The minimum Gasteiger partial charge on any atom is -0.347 e. The first kappa shape index (κ1) is 20.8. The average molecular weight is 396 g/mol. The van der Waals surface area contributed by atoms with E-state index in [4.69, 9.17) is 0 Å². The van der Waals surface area contributed by atoms with Gasteiger partial charge in [-0.25, -0.2) is 0 Å². The Balaban J connectivity index is 1.68. The maximum Gasteiger partial charge on any atom is 0.268 e. The van der Waals surface area contributed by atoms with Gasteiger partial charge in [0.1, 0.15) is 5.69 Å². The molecule has 0 saturated heterocycles. The van der Waals surface area contributed by atoms with E-state index in [0.717, 1.165) is 29.5 Å². The van der Waals surface area contributed by atoms with Crippen molar-refractivity contribution < 1.29 is 9.59 Å². The normalized spacial score (nSPS) is 14.5. The summed E-state index contributed by atoms with van der Waals surface area (Å²) in [5.41, 5.74) is 2.43. The van der Waals surface area contributed by atoms with E-state index < -0.39 is 0 Å². The zero-order valence-electron chi connectivity index (χ0n) is 17.5. The van der Waals surface area contributed by atoms with Gasteiger partial charge in [0, 0.05) is 26.2 Å². The first-order valence-electron chi connectivity index (χ1n) is 10.0. The number of hydrogen-bond donors (Lipinski definition) is 2. The zero-order valence-corrected chi connectivity index (χ0v) is 17.5. The summed E-state index contributed by atoms with van der Waals surface area (Å²) in [6.45, 7) is 6.82. The number of rotatable bonds is 7. The van der Waals surface area contributed by atoms with Crippen molar-refractivity contribution in [3.8, 4) is 0 Å². The van der Waals surface area contributed by atoms with E-state index in [1.165, 1.54) is 6.07 Å². The zero-order chi connectivity index (χ0) is 21.2. The third kappa shape index (κ3) is 4.58. The summed E-state index contributed by atoms with van der Waals surface area (Å²) in [5.74, 6) is 0.203. The van der Waals surface area contributed by atoms with Crippen molar-refractivity contribution in [1.82, 2.24) is 15.2 Å². The van der Waals surface area contributed by atoms with Gasteiger partial charge < -0.3 is 15.2 Å². The van der Waals surface area contributed by atoms with Crippen LogP contribution in [0.15, 0.2) is 41.2 Å². The molecule has 1 saturated carbocycles. The average Bonchev–Trinajstić information content (AvgIpc) is 3.47. The van der Waals surface area contributed by atoms with Gasteiger partial charge in [0.05, 0.1) is 5.41 Å². The smallest absolute Gasteiger partial charge is 0.268 e. The number of pyridine rings is 1. The van der Waals surface area contributed by atoms with Crippen LogP contribution in [0.3, 0.4) is 0 Å². The predicted molar refractivity (Wildman–Crippen MR) is 112 cm³/mol. The van der Waals surface area contributed by atoms with Crippen LogP contribution in [-0.2, 0) is 17.9 Å². The molecular formula is C23H29N3O3. The number of carbonyl (C=O) groups is 2. The topological polar surface area (TPSA) is 82.3 Å². The quantitative estimate of drug-likeness (QED) is 0.756. The van der Waals surface area contributed by atoms with Gasteiger partial charge in [0.2, 0.25) is 11.5 Å². The lowest BCUT2D eigenvalue weighted by atomic mass is 9.91. The summed E-state index contributed by atoms with van der Waals surface area (Å²) in [4.78, 5) is 41.3. The highest BCUT2D eigenvalue weighted by molar-refractivity contribution is 5.92. The molecule has 0 bridgehead atoms. The first-order chi connectivity index (χ1) is 13.7. The Morgan fingerprint density at radius 3 is 2.41 bits per heavy atom. The predicted octanol–water partition coefficient (Wildman–Crippen LogP) is 3.01. The molecule has 0 aliphatic heterocycles. The molecule has 0 atom stereocenters. The summed E-state index contributed by atoms with van der Waals surface area (Å²) in [6.07, 6.45) is 1.92. The number of hydrogen-bond acceptors (Lipinski definition) is 3. The third-order valence-electron chi connectivity index (χ3n) is 5.87. The molecule has 0 spiro atoms. The van der Waals surface area contributed by atoms with Crippen LogP contribution in [0, 0.1) is 18.3 Å². The lowest BCUT2D eigenvalue weighted by Gasteiger charge is -2.27. The van der Waals surface area contributed by atoms with Gasteiger partial charge in [0.15, 0.2) is 0 Å². The molecule has 0 radical (unpaired) electrons. The summed E-state index contributed by atoms with van der Waals surface area (Å²) in [6, 6.07) is 10.9. The number of H-pyrrole nitrogens is 1. The summed E-state index contributed by atoms with van der Waals surface area (Å²) in [5, 5.41) is 2.86. The number of amides is 2. The van der Waals surface area contributed by atoms with E-state index in [-0.39, 0.29) is 28.5 Å². The van der Waals surface area contributed by atoms with Crippen LogP contribution in [0.2, 0.25) is 0 Å². The second kappa shape index (κ2) is 8.23. The second-order valence-corrected chi connectivity index (χ2v) is 8.36. The van der Waals surface area contributed by atoms with E-state index >= 15 is 0 Å². The first-order valence-corrected chi connectivity index (χ1v) is 10.0. The largest absolute Gasteiger partial charge is 0.347 e. The maximum absolute atomic E-state index is 12.9. The number of nitrogens with zero attached hydrogens (tertiary/aromatic N) is 1. The molecule has 1 aliphatic rings. The van der Waals surface area contributed by atoms with Crippen molar-refractivity contribution in [3.63, 3.8) is 0 Å². The lowest BCUT2D eigenvalue weighted by molar-refractivity contribution is -0.137. The molecule has 1 aromatic heterocycles. The Hall–Kier alpha value is -2.89. The van der Waals surface area contributed by atoms with Gasteiger partial charge >= 0.3 is 0 Å². The van der Waals surface area contributed by atoms with Crippen molar-refractivity contribution in [2.75, 3.05) is 7.05 Å². The molecular weight excluding hydrogens is 366 g/mol. The van der Waals surface area contributed by atoms with E-state index in [9.17, 15) is 14.4 Å². The molecule has 29 heavy (non-hydrogen) atoms. The number of aromatic amines is 1. The van der Waals surface area contributed by atoms with Crippen molar-refractivity contribution in [1.29, 1.82) is 0 Å². The molecule has 1 fully saturated rings. The van der Waals surface area contributed by atoms with Crippen LogP contribution in [-0.4, -0.2) is 28.7 Å². The number of nitrogens with one attached hydrogen (secondary N) is 2. The van der Waals surface area contributed by atoms with Gasteiger partial charge in [0.25, 0.3) is 5.91 Å². The number of aryl methyl sites for hydroxylation is 1. The molecule has 6 heteroatoms. The molecule has 1 aliphatic carbocycles. The highest BCUT2D eigenvalue weighted by Gasteiger charge is 2.53. The summed E-state index contributed by atoms with van der Waals surface area (Å²) >= 11 is 0. The van der Waals surface area contributed by atoms with E-state index in [0.29, 0.717) is 19.0 Å². The molecule has 0 unspecified atom stereocenters. The number of carbonyl (C=O) groups excluding carboxylic acids is 2. The molecule has 1 aromatic carbocycles. The highest BCUT2D eigenvalue weighted by atomic mass is 16.2. The van der Waals surface area contributed by atoms with Crippen LogP contribution in [0.4, 0.5) is 0 Å². The van der Waals surface area contributed by atoms with E-state index in [1.807, 2.05) is 31.3 Å². The van der Waals surface area contributed by atoms with Crippen LogP contribution in [0.1, 0.15) is 53.9 Å². The molecule has 1 heterocycles. The van der Waals surface area contributed by atoms with E-state index in [1.54, 1.807) is 17.9 Å². The summed E-state index contributed by atoms with van der Waals surface area (Å²) < 4.78 is 0. The Bertz CT molecular complexity index is 973.